The van der Waals surface area contributed by atoms with E-state index in [-0.39, 0.29) is 11.6 Å². The molecule has 0 atom stereocenters. The van der Waals surface area contributed by atoms with Gasteiger partial charge in [-0.05, 0) is 61.2 Å². The van der Waals surface area contributed by atoms with Gasteiger partial charge in [0.15, 0.2) is 0 Å². The zero-order valence-corrected chi connectivity index (χ0v) is 14.6. The van der Waals surface area contributed by atoms with Crippen molar-refractivity contribution in [2.45, 2.75) is 44.9 Å². The first-order valence-corrected chi connectivity index (χ1v) is 9.12. The number of benzene rings is 2. The predicted molar refractivity (Wildman–Crippen MR) is 99.9 cm³/mol. The maximum absolute atomic E-state index is 13.7. The van der Waals surface area contributed by atoms with Gasteiger partial charge in [-0.1, -0.05) is 44.7 Å². The van der Waals surface area contributed by atoms with Gasteiger partial charge in [-0.3, -0.25) is 0 Å². The number of anilines is 2. The van der Waals surface area contributed by atoms with Crippen LogP contribution in [0.15, 0.2) is 60.8 Å². The second-order valence-corrected chi connectivity index (χ2v) is 6.90. The van der Waals surface area contributed by atoms with Crippen LogP contribution in [-0.4, -0.2) is 0 Å². The van der Waals surface area contributed by atoms with E-state index < -0.39 is 0 Å². The van der Waals surface area contributed by atoms with E-state index in [1.54, 1.807) is 18.2 Å². The van der Waals surface area contributed by atoms with Crippen molar-refractivity contribution >= 4 is 11.4 Å². The Morgan fingerprint density at radius 2 is 1.64 bits per heavy atom. The van der Waals surface area contributed by atoms with Crippen LogP contribution >= 0.6 is 0 Å². The van der Waals surface area contributed by atoms with E-state index in [2.05, 4.69) is 6.58 Å². The Kier molecular flexibility index (Phi) is 5.85. The number of nitrogens with zero attached hydrogens (tertiary/aromatic N) is 1. The van der Waals surface area contributed by atoms with Crippen molar-refractivity contribution in [3.8, 4) is 0 Å². The Morgan fingerprint density at radius 3 is 2.32 bits per heavy atom. The highest BCUT2D eigenvalue weighted by molar-refractivity contribution is 5.67. The molecular weight excluding hydrogens is 316 g/mol. The highest BCUT2D eigenvalue weighted by atomic mass is 19.1. The third-order valence-electron chi connectivity index (χ3n) is 5.03. The van der Waals surface area contributed by atoms with Gasteiger partial charge in [0.2, 0.25) is 0 Å². The number of allylic oxidation sites excluding steroid dienone is 1. The van der Waals surface area contributed by atoms with Crippen molar-refractivity contribution in [2.75, 3.05) is 4.90 Å². The van der Waals surface area contributed by atoms with Crippen molar-refractivity contribution in [1.82, 2.24) is 0 Å². The van der Waals surface area contributed by atoms with Crippen LogP contribution in [0.2, 0.25) is 0 Å². The number of rotatable bonds is 6. The lowest BCUT2D eigenvalue weighted by Gasteiger charge is -2.29. The van der Waals surface area contributed by atoms with E-state index >= 15 is 0 Å². The van der Waals surface area contributed by atoms with Gasteiger partial charge in [0.25, 0.3) is 0 Å². The van der Waals surface area contributed by atoms with Crippen LogP contribution in [0.25, 0.3) is 0 Å². The average Bonchev–Trinajstić information content (AvgIpc) is 2.63. The second-order valence-electron chi connectivity index (χ2n) is 6.90. The van der Waals surface area contributed by atoms with Gasteiger partial charge in [-0.15, -0.1) is 0 Å². The van der Waals surface area contributed by atoms with Crippen molar-refractivity contribution in [3.05, 3.63) is 72.4 Å². The number of hydrogen-bond acceptors (Lipinski definition) is 1. The van der Waals surface area contributed by atoms with E-state index in [9.17, 15) is 8.78 Å². The first kappa shape index (κ1) is 17.7. The van der Waals surface area contributed by atoms with Crippen LogP contribution in [0, 0.1) is 17.6 Å². The van der Waals surface area contributed by atoms with Gasteiger partial charge in [0.1, 0.15) is 11.6 Å². The highest BCUT2D eigenvalue weighted by Crippen LogP contribution is 2.34. The summed E-state index contributed by atoms with van der Waals surface area (Å²) in [6.07, 6.45) is 8.55. The van der Waals surface area contributed by atoms with E-state index in [1.807, 2.05) is 11.0 Å². The molecule has 0 saturated heterocycles. The molecule has 0 unspecified atom stereocenters. The van der Waals surface area contributed by atoms with Crippen LogP contribution in [0.3, 0.4) is 0 Å². The molecule has 0 aromatic heterocycles. The summed E-state index contributed by atoms with van der Waals surface area (Å²) in [5, 5.41) is 0. The third kappa shape index (κ3) is 4.68. The van der Waals surface area contributed by atoms with Crippen molar-refractivity contribution < 1.29 is 8.78 Å². The molecule has 1 nitrogen and oxygen atoms in total. The van der Waals surface area contributed by atoms with Crippen molar-refractivity contribution in [2.24, 2.45) is 5.92 Å². The fourth-order valence-electron chi connectivity index (χ4n) is 3.68. The quantitative estimate of drug-likeness (QED) is 0.548. The molecule has 1 aliphatic rings. The minimum absolute atomic E-state index is 0.282. The molecule has 3 rings (SSSR count). The summed E-state index contributed by atoms with van der Waals surface area (Å²) in [5.74, 6) is 0.188. The molecule has 0 radical (unpaired) electrons. The highest BCUT2D eigenvalue weighted by Gasteiger charge is 2.17. The van der Waals surface area contributed by atoms with E-state index in [4.69, 9.17) is 0 Å². The summed E-state index contributed by atoms with van der Waals surface area (Å²) in [5.41, 5.74) is 2.45. The molecule has 1 aliphatic carbocycles. The lowest BCUT2D eigenvalue weighted by atomic mass is 9.86. The molecule has 2 aromatic carbocycles. The molecule has 3 heteroatoms. The summed E-state index contributed by atoms with van der Waals surface area (Å²) in [7, 11) is 0. The first-order valence-electron chi connectivity index (χ1n) is 9.12. The maximum Gasteiger partial charge on any atom is 0.125 e. The van der Waals surface area contributed by atoms with Gasteiger partial charge in [-0.2, -0.15) is 0 Å². The normalized spacial score (nSPS) is 15.1. The topological polar surface area (TPSA) is 3.24 Å². The minimum atomic E-state index is -0.287. The van der Waals surface area contributed by atoms with Crippen LogP contribution in [-0.2, 0) is 0 Å². The van der Waals surface area contributed by atoms with Gasteiger partial charge in [0, 0.05) is 17.1 Å². The molecule has 132 valence electrons. The summed E-state index contributed by atoms with van der Waals surface area (Å²) >= 11 is 0. The second kappa shape index (κ2) is 8.28. The van der Waals surface area contributed by atoms with Crippen LogP contribution in [0.4, 0.5) is 20.2 Å². The number of halogens is 2. The Balaban J connectivity index is 1.80. The summed E-state index contributed by atoms with van der Waals surface area (Å²) in [4.78, 5) is 1.94. The van der Waals surface area contributed by atoms with Gasteiger partial charge < -0.3 is 4.90 Å². The molecule has 1 fully saturated rings. The molecule has 25 heavy (non-hydrogen) atoms. The largest absolute Gasteiger partial charge is 0.315 e. The molecular formula is C22H25F2N. The molecule has 0 aliphatic heterocycles. The van der Waals surface area contributed by atoms with E-state index in [1.165, 1.54) is 56.4 Å². The van der Waals surface area contributed by atoms with Gasteiger partial charge in [0.05, 0.1) is 0 Å². The van der Waals surface area contributed by atoms with Crippen molar-refractivity contribution in [1.29, 1.82) is 0 Å². The van der Waals surface area contributed by atoms with Gasteiger partial charge in [-0.25, -0.2) is 8.78 Å². The molecule has 0 spiro atoms. The molecule has 2 aromatic rings. The number of hydrogen-bond donors (Lipinski definition) is 0. The standard InChI is InChI=1S/C22H25F2N/c1-17(10-11-18-6-3-2-4-7-18)25(21-14-12-19(23)13-15-21)22-9-5-8-20(24)16-22/h5,8-9,12-16,18H,1-4,6-7,10-11H2. The smallest absolute Gasteiger partial charge is 0.125 e. The van der Waals surface area contributed by atoms with Crippen LogP contribution in [0.1, 0.15) is 44.9 Å². The molecule has 0 N–H and O–H groups in total. The molecule has 0 heterocycles. The summed E-state index contributed by atoms with van der Waals surface area (Å²) < 4.78 is 27.0. The zero-order valence-electron chi connectivity index (χ0n) is 14.6. The Morgan fingerprint density at radius 1 is 0.920 bits per heavy atom. The fourth-order valence-corrected chi connectivity index (χ4v) is 3.68. The lowest BCUT2D eigenvalue weighted by molar-refractivity contribution is 0.339. The summed E-state index contributed by atoms with van der Waals surface area (Å²) in [6.45, 7) is 4.25. The fraction of sp³-hybridized carbons (Fsp3) is 0.364. The monoisotopic (exact) mass is 341 g/mol. The van der Waals surface area contributed by atoms with Gasteiger partial charge >= 0.3 is 0 Å². The molecule has 0 amide bonds. The van der Waals surface area contributed by atoms with Crippen LogP contribution in [0.5, 0.6) is 0 Å². The zero-order chi connectivity index (χ0) is 17.6. The Labute approximate surface area is 149 Å². The van der Waals surface area contributed by atoms with Crippen molar-refractivity contribution in [3.63, 3.8) is 0 Å². The Hall–Kier alpha value is -2.16. The predicted octanol–water partition coefficient (Wildman–Crippen LogP) is 6.98. The molecule has 1 saturated carbocycles. The van der Waals surface area contributed by atoms with E-state index in [0.717, 1.165) is 35.8 Å². The maximum atomic E-state index is 13.7. The SMILES string of the molecule is C=C(CCC1CCCCC1)N(c1ccc(F)cc1)c1cccc(F)c1. The third-order valence-corrected chi connectivity index (χ3v) is 5.03. The summed E-state index contributed by atoms with van der Waals surface area (Å²) in [6, 6.07) is 12.8. The average molecular weight is 341 g/mol. The lowest BCUT2D eigenvalue weighted by Crippen LogP contribution is -2.17. The van der Waals surface area contributed by atoms with E-state index in [0.29, 0.717) is 0 Å². The Bertz CT molecular complexity index is 702. The first-order chi connectivity index (χ1) is 12.1. The molecule has 0 bridgehead atoms. The minimum Gasteiger partial charge on any atom is -0.315 e. The van der Waals surface area contributed by atoms with Crippen LogP contribution < -0.4 is 4.90 Å².